The smallest absolute Gasteiger partial charge is 0.141 e. The van der Waals surface area contributed by atoms with E-state index in [4.69, 9.17) is 4.74 Å². The third-order valence-electron chi connectivity index (χ3n) is 2.68. The lowest BCUT2D eigenvalue weighted by Gasteiger charge is -2.17. The van der Waals surface area contributed by atoms with E-state index < -0.39 is 11.4 Å². The summed E-state index contributed by atoms with van der Waals surface area (Å²) in [5.74, 6) is 0. The summed E-state index contributed by atoms with van der Waals surface area (Å²) in [7, 11) is 0. The fraction of sp³-hybridized carbons (Fsp3) is 1.00. The van der Waals surface area contributed by atoms with E-state index in [9.17, 15) is 4.55 Å². The largest absolute Gasteiger partial charge is 0.598 e. The molecule has 1 N–H and O–H groups in total. The SMILES string of the molecule is CC1(C)CC2(CCOC2)N[S+]1[O-]. The lowest BCUT2D eigenvalue weighted by atomic mass is 9.89. The van der Waals surface area contributed by atoms with E-state index in [0.717, 1.165) is 26.1 Å². The van der Waals surface area contributed by atoms with Crippen molar-refractivity contribution in [3.63, 3.8) is 0 Å². The van der Waals surface area contributed by atoms with Crippen LogP contribution in [0.15, 0.2) is 0 Å². The summed E-state index contributed by atoms with van der Waals surface area (Å²) < 4.78 is 20.0. The fourth-order valence-corrected chi connectivity index (χ4v) is 3.39. The van der Waals surface area contributed by atoms with Crippen molar-refractivity contribution in [2.45, 2.75) is 37.0 Å². The zero-order valence-electron chi connectivity index (χ0n) is 7.55. The summed E-state index contributed by atoms with van der Waals surface area (Å²) in [6.45, 7) is 5.62. The van der Waals surface area contributed by atoms with Crippen LogP contribution in [0.4, 0.5) is 0 Å². The Balaban J connectivity index is 2.14. The van der Waals surface area contributed by atoms with Crippen LogP contribution in [0.2, 0.25) is 0 Å². The van der Waals surface area contributed by atoms with Crippen LogP contribution >= 0.6 is 0 Å². The molecule has 2 unspecified atom stereocenters. The van der Waals surface area contributed by atoms with Crippen LogP contribution in [-0.2, 0) is 16.1 Å². The van der Waals surface area contributed by atoms with Gasteiger partial charge in [0.05, 0.1) is 12.1 Å². The summed E-state index contributed by atoms with van der Waals surface area (Å²) in [4.78, 5) is 0. The predicted octanol–water partition coefficient (Wildman–Crippen LogP) is 0.581. The van der Waals surface area contributed by atoms with Crippen molar-refractivity contribution in [2.24, 2.45) is 0 Å². The van der Waals surface area contributed by atoms with Gasteiger partial charge in [-0.2, -0.15) is 0 Å². The van der Waals surface area contributed by atoms with Crippen LogP contribution in [0.5, 0.6) is 0 Å². The van der Waals surface area contributed by atoms with Crippen LogP contribution < -0.4 is 4.72 Å². The quantitative estimate of drug-likeness (QED) is 0.567. The molecular weight excluding hydrogens is 174 g/mol. The van der Waals surface area contributed by atoms with E-state index in [0.29, 0.717) is 0 Å². The molecule has 0 bridgehead atoms. The van der Waals surface area contributed by atoms with Gasteiger partial charge < -0.3 is 9.29 Å². The fourth-order valence-electron chi connectivity index (χ4n) is 2.08. The second-order valence-corrected chi connectivity index (χ2v) is 6.24. The van der Waals surface area contributed by atoms with Crippen molar-refractivity contribution in [3.05, 3.63) is 0 Å². The molecule has 2 saturated heterocycles. The molecule has 70 valence electrons. The van der Waals surface area contributed by atoms with Gasteiger partial charge in [0.1, 0.15) is 4.75 Å². The molecule has 0 amide bonds. The molecule has 4 heteroatoms. The van der Waals surface area contributed by atoms with E-state index in [1.807, 2.05) is 13.8 Å². The van der Waals surface area contributed by atoms with Crippen molar-refractivity contribution in [2.75, 3.05) is 13.2 Å². The zero-order chi connectivity index (χ0) is 8.82. The zero-order valence-corrected chi connectivity index (χ0v) is 8.37. The van der Waals surface area contributed by atoms with Gasteiger partial charge in [0.15, 0.2) is 0 Å². The van der Waals surface area contributed by atoms with Crippen molar-refractivity contribution in [1.82, 2.24) is 4.72 Å². The first-order valence-electron chi connectivity index (χ1n) is 4.32. The maximum absolute atomic E-state index is 11.6. The van der Waals surface area contributed by atoms with Crippen LogP contribution in [-0.4, -0.2) is 28.1 Å². The van der Waals surface area contributed by atoms with Gasteiger partial charge in [-0.15, -0.1) is 4.72 Å². The molecule has 0 radical (unpaired) electrons. The normalized spacial score (nSPS) is 45.8. The summed E-state index contributed by atoms with van der Waals surface area (Å²) in [5, 5.41) is 0. The van der Waals surface area contributed by atoms with Crippen LogP contribution in [0.1, 0.15) is 26.7 Å². The molecule has 3 nitrogen and oxygen atoms in total. The number of nitrogens with one attached hydrogen (secondary N) is 1. The van der Waals surface area contributed by atoms with Gasteiger partial charge >= 0.3 is 0 Å². The molecule has 2 atom stereocenters. The highest BCUT2D eigenvalue weighted by Gasteiger charge is 2.55. The van der Waals surface area contributed by atoms with E-state index in [-0.39, 0.29) is 10.3 Å². The first-order valence-corrected chi connectivity index (χ1v) is 5.47. The number of rotatable bonds is 0. The summed E-state index contributed by atoms with van der Waals surface area (Å²) in [6.07, 6.45) is 1.97. The average molecular weight is 189 g/mol. The van der Waals surface area contributed by atoms with Gasteiger partial charge in [0.25, 0.3) is 0 Å². The monoisotopic (exact) mass is 189 g/mol. The summed E-state index contributed by atoms with van der Waals surface area (Å²) in [5.41, 5.74) is 0.0222. The Morgan fingerprint density at radius 2 is 2.25 bits per heavy atom. The lowest BCUT2D eigenvalue weighted by Crippen LogP contribution is -2.41. The van der Waals surface area contributed by atoms with Gasteiger partial charge in [-0.3, -0.25) is 0 Å². The molecule has 2 rings (SSSR count). The van der Waals surface area contributed by atoms with Crippen LogP contribution in [0, 0.1) is 0 Å². The average Bonchev–Trinajstić information content (AvgIpc) is 2.42. The van der Waals surface area contributed by atoms with Gasteiger partial charge in [0, 0.05) is 24.4 Å². The first kappa shape index (κ1) is 8.81. The molecule has 2 aliphatic rings. The Morgan fingerprint density at radius 1 is 1.50 bits per heavy atom. The third-order valence-corrected chi connectivity index (χ3v) is 4.45. The molecule has 0 saturated carbocycles. The molecule has 2 heterocycles. The maximum Gasteiger partial charge on any atom is 0.141 e. The van der Waals surface area contributed by atoms with E-state index in [1.165, 1.54) is 0 Å². The predicted molar refractivity (Wildman–Crippen MR) is 48.1 cm³/mol. The Morgan fingerprint density at radius 3 is 2.67 bits per heavy atom. The van der Waals surface area contributed by atoms with Crippen molar-refractivity contribution >= 4 is 11.4 Å². The topological polar surface area (TPSA) is 44.3 Å². The number of hydrogen-bond acceptors (Lipinski definition) is 3. The van der Waals surface area contributed by atoms with Crippen molar-refractivity contribution in [1.29, 1.82) is 0 Å². The minimum Gasteiger partial charge on any atom is -0.598 e. The number of hydrogen-bond donors (Lipinski definition) is 1. The molecule has 0 aromatic heterocycles. The summed E-state index contributed by atoms with van der Waals surface area (Å²) >= 11 is -0.892. The van der Waals surface area contributed by atoms with Gasteiger partial charge in [-0.05, 0) is 20.3 Å². The van der Waals surface area contributed by atoms with Gasteiger partial charge in [-0.25, -0.2) is 0 Å². The van der Waals surface area contributed by atoms with E-state index >= 15 is 0 Å². The Labute approximate surface area is 76.2 Å². The van der Waals surface area contributed by atoms with Crippen LogP contribution in [0.25, 0.3) is 0 Å². The molecule has 0 aliphatic carbocycles. The van der Waals surface area contributed by atoms with Crippen molar-refractivity contribution < 1.29 is 9.29 Å². The molecule has 12 heavy (non-hydrogen) atoms. The molecule has 2 fully saturated rings. The summed E-state index contributed by atoms with van der Waals surface area (Å²) in [6, 6.07) is 0. The Kier molecular flexibility index (Phi) is 1.91. The van der Waals surface area contributed by atoms with Gasteiger partial charge in [0.2, 0.25) is 0 Å². The third kappa shape index (κ3) is 1.27. The van der Waals surface area contributed by atoms with E-state index in [1.54, 1.807) is 0 Å². The molecule has 2 aliphatic heterocycles. The minimum atomic E-state index is -0.892. The van der Waals surface area contributed by atoms with Crippen molar-refractivity contribution in [3.8, 4) is 0 Å². The highest BCUT2D eigenvalue weighted by molar-refractivity contribution is 7.91. The minimum absolute atomic E-state index is 0.0222. The molecule has 0 aromatic rings. The molecular formula is C8H15NO2S. The second-order valence-electron chi connectivity index (χ2n) is 4.39. The van der Waals surface area contributed by atoms with Crippen LogP contribution in [0.3, 0.4) is 0 Å². The highest BCUT2D eigenvalue weighted by atomic mass is 32.2. The van der Waals surface area contributed by atoms with Gasteiger partial charge in [-0.1, -0.05) is 0 Å². The molecule has 0 aromatic carbocycles. The van der Waals surface area contributed by atoms with E-state index in [2.05, 4.69) is 4.72 Å². The highest BCUT2D eigenvalue weighted by Crippen LogP contribution is 2.39. The Hall–Kier alpha value is 0.230. The Bertz CT molecular complexity index is 189. The maximum atomic E-state index is 11.6. The standard InChI is InChI=1S/C8H15NO2S/c1-7(2)5-8(9-12(7)10)3-4-11-6-8/h9H,3-6H2,1-2H3. The lowest BCUT2D eigenvalue weighted by molar-refractivity contribution is 0.172. The second kappa shape index (κ2) is 2.61. The molecule has 1 spiro atoms. The first-order chi connectivity index (χ1) is 5.54. The number of ether oxygens (including phenoxy) is 1.